The third-order valence-corrected chi connectivity index (χ3v) is 1.86. The molecular weight excluding hydrogens is 160 g/mol. The summed E-state index contributed by atoms with van der Waals surface area (Å²) in [6, 6.07) is 0. The molecule has 1 atom stereocenters. The minimum atomic E-state index is -0.332. The highest BCUT2D eigenvalue weighted by atomic mass is 16.6. The van der Waals surface area contributed by atoms with Crippen molar-refractivity contribution in [2.45, 2.75) is 26.2 Å². The first-order valence-corrected chi connectivity index (χ1v) is 4.11. The Morgan fingerprint density at radius 2 is 2.25 bits per heavy atom. The van der Waals surface area contributed by atoms with Gasteiger partial charge >= 0.3 is 0 Å². The van der Waals surface area contributed by atoms with Gasteiger partial charge in [0.2, 0.25) is 6.54 Å². The fraction of sp³-hybridized carbons (Fsp3) is 1.00. The molecule has 0 N–H and O–H groups in total. The number of rotatable bonds is 7. The van der Waals surface area contributed by atoms with Gasteiger partial charge < -0.3 is 0 Å². The molecule has 0 aromatic rings. The van der Waals surface area contributed by atoms with E-state index in [1.807, 2.05) is 6.92 Å². The zero-order chi connectivity index (χ0) is 9.40. The highest BCUT2D eigenvalue weighted by Crippen LogP contribution is 2.10. The van der Waals surface area contributed by atoms with Crippen LogP contribution in [0.1, 0.15) is 26.2 Å². The third-order valence-electron chi connectivity index (χ3n) is 1.86. The van der Waals surface area contributed by atoms with Crippen LogP contribution >= 0.6 is 0 Å². The molecule has 70 valence electrons. The Morgan fingerprint density at radius 1 is 1.58 bits per heavy atom. The highest BCUT2D eigenvalue weighted by Gasteiger charge is 2.07. The molecule has 0 spiro atoms. The summed E-state index contributed by atoms with van der Waals surface area (Å²) in [6.45, 7) is 2.24. The van der Waals surface area contributed by atoms with Crippen molar-refractivity contribution in [1.82, 2.24) is 0 Å². The molecular formula is C7H14N2O3. The molecule has 0 saturated carbocycles. The van der Waals surface area contributed by atoms with Gasteiger partial charge in [0, 0.05) is 11.3 Å². The van der Waals surface area contributed by atoms with Crippen LogP contribution < -0.4 is 0 Å². The van der Waals surface area contributed by atoms with E-state index >= 15 is 0 Å². The summed E-state index contributed by atoms with van der Waals surface area (Å²) in [5.41, 5.74) is 0. The van der Waals surface area contributed by atoms with Gasteiger partial charge in [-0.1, -0.05) is 18.5 Å². The summed E-state index contributed by atoms with van der Waals surface area (Å²) in [4.78, 5) is 19.5. The van der Waals surface area contributed by atoms with E-state index in [-0.39, 0.29) is 23.9 Å². The van der Waals surface area contributed by atoms with Gasteiger partial charge in [0.05, 0.1) is 6.54 Å². The van der Waals surface area contributed by atoms with Gasteiger partial charge in [-0.15, -0.1) is 0 Å². The summed E-state index contributed by atoms with van der Waals surface area (Å²) in [7, 11) is 0. The molecule has 5 nitrogen and oxygen atoms in total. The van der Waals surface area contributed by atoms with Crippen molar-refractivity contribution in [2.24, 2.45) is 11.1 Å². The molecule has 0 saturated heterocycles. The van der Waals surface area contributed by atoms with Crippen LogP contribution in [0.2, 0.25) is 0 Å². The average molecular weight is 174 g/mol. The Balaban J connectivity index is 3.43. The molecule has 0 bridgehead atoms. The molecule has 1 unspecified atom stereocenters. The largest absolute Gasteiger partial charge is 0.265 e. The maximum atomic E-state index is 9.95. The summed E-state index contributed by atoms with van der Waals surface area (Å²) in [5.74, 6) is 0.224. The smallest absolute Gasteiger partial charge is 0.203 e. The molecule has 0 amide bonds. The van der Waals surface area contributed by atoms with Crippen molar-refractivity contribution >= 4 is 0 Å². The van der Waals surface area contributed by atoms with Crippen molar-refractivity contribution in [1.29, 1.82) is 0 Å². The van der Waals surface area contributed by atoms with Crippen molar-refractivity contribution in [3.8, 4) is 0 Å². The fourth-order valence-electron chi connectivity index (χ4n) is 1.04. The SMILES string of the molecule is CCC(CCC[N+](=O)[O-])CN=O. The topological polar surface area (TPSA) is 72.6 Å². The highest BCUT2D eigenvalue weighted by molar-refractivity contribution is 4.59. The van der Waals surface area contributed by atoms with Crippen LogP contribution in [-0.2, 0) is 0 Å². The monoisotopic (exact) mass is 174 g/mol. The molecule has 0 aromatic carbocycles. The van der Waals surface area contributed by atoms with Gasteiger partial charge in [-0.05, 0) is 12.3 Å². The zero-order valence-electron chi connectivity index (χ0n) is 7.23. The molecule has 5 heteroatoms. The van der Waals surface area contributed by atoms with Gasteiger partial charge in [-0.3, -0.25) is 10.1 Å². The van der Waals surface area contributed by atoms with E-state index in [9.17, 15) is 15.0 Å². The van der Waals surface area contributed by atoms with E-state index in [2.05, 4.69) is 5.18 Å². The molecule has 0 aliphatic heterocycles. The third kappa shape index (κ3) is 5.76. The van der Waals surface area contributed by atoms with E-state index in [0.717, 1.165) is 12.8 Å². The van der Waals surface area contributed by atoms with Crippen molar-refractivity contribution in [2.75, 3.05) is 13.1 Å². The first-order valence-electron chi connectivity index (χ1n) is 4.11. The van der Waals surface area contributed by atoms with Crippen molar-refractivity contribution in [3.63, 3.8) is 0 Å². The normalized spacial score (nSPS) is 12.4. The van der Waals surface area contributed by atoms with Crippen LogP contribution in [0.3, 0.4) is 0 Å². The summed E-state index contributed by atoms with van der Waals surface area (Å²) in [6.07, 6.45) is 2.13. The fourth-order valence-corrected chi connectivity index (χ4v) is 1.04. The first-order chi connectivity index (χ1) is 5.70. The maximum Gasteiger partial charge on any atom is 0.203 e. The molecule has 0 rings (SSSR count). The van der Waals surface area contributed by atoms with Crippen molar-refractivity contribution in [3.05, 3.63) is 15.0 Å². The minimum absolute atomic E-state index is 0.00461. The van der Waals surface area contributed by atoms with E-state index < -0.39 is 0 Å². The first kappa shape index (κ1) is 11.0. The van der Waals surface area contributed by atoms with Crippen LogP contribution in [0.4, 0.5) is 0 Å². The zero-order valence-corrected chi connectivity index (χ0v) is 7.23. The number of nitrogens with zero attached hydrogens (tertiary/aromatic N) is 2. The number of nitroso groups, excluding NO2 is 1. The van der Waals surface area contributed by atoms with Gasteiger partial charge in [0.1, 0.15) is 0 Å². The maximum absolute atomic E-state index is 9.95. The Labute approximate surface area is 71.3 Å². The number of hydrogen-bond acceptors (Lipinski definition) is 4. The van der Waals surface area contributed by atoms with Crippen molar-refractivity contribution < 1.29 is 4.92 Å². The standard InChI is InChI=1S/C7H14N2O3/c1-2-7(6-8-10)4-3-5-9(11)12/h7H,2-6H2,1H3. The van der Waals surface area contributed by atoms with Gasteiger partial charge in [0.15, 0.2) is 0 Å². The van der Waals surface area contributed by atoms with Crippen LogP contribution in [0.15, 0.2) is 5.18 Å². The average Bonchev–Trinajstić information content (AvgIpc) is 2.02. The predicted octanol–water partition coefficient (Wildman–Crippen LogP) is 1.84. The van der Waals surface area contributed by atoms with Gasteiger partial charge in [0.25, 0.3) is 0 Å². The quantitative estimate of drug-likeness (QED) is 0.336. The van der Waals surface area contributed by atoms with Crippen LogP contribution in [0, 0.1) is 20.9 Å². The van der Waals surface area contributed by atoms with Crippen LogP contribution in [-0.4, -0.2) is 18.0 Å². The van der Waals surface area contributed by atoms with E-state index in [1.54, 1.807) is 0 Å². The minimum Gasteiger partial charge on any atom is -0.265 e. The van der Waals surface area contributed by atoms with Crippen LogP contribution in [0.25, 0.3) is 0 Å². The Bertz CT molecular complexity index is 150. The molecule has 0 aromatic heterocycles. The molecule has 0 fully saturated rings. The summed E-state index contributed by atoms with van der Waals surface area (Å²) in [5, 5.41) is 12.7. The number of nitro groups is 1. The van der Waals surface area contributed by atoms with E-state index in [1.165, 1.54) is 0 Å². The molecule has 0 radical (unpaired) electrons. The lowest BCUT2D eigenvalue weighted by Gasteiger charge is -2.07. The molecule has 0 aliphatic rings. The van der Waals surface area contributed by atoms with Gasteiger partial charge in [-0.25, -0.2) is 0 Å². The Kier molecular flexibility index (Phi) is 6.14. The number of hydrogen-bond donors (Lipinski definition) is 0. The lowest BCUT2D eigenvalue weighted by atomic mass is 10.0. The molecule has 0 aliphatic carbocycles. The van der Waals surface area contributed by atoms with Crippen LogP contribution in [0.5, 0.6) is 0 Å². The predicted molar refractivity (Wildman–Crippen MR) is 45.5 cm³/mol. The van der Waals surface area contributed by atoms with E-state index in [0.29, 0.717) is 6.42 Å². The Hall–Kier alpha value is -1.00. The Morgan fingerprint density at radius 3 is 2.67 bits per heavy atom. The van der Waals surface area contributed by atoms with Gasteiger partial charge in [-0.2, -0.15) is 4.91 Å². The molecule has 0 heterocycles. The summed E-state index contributed by atoms with van der Waals surface area (Å²) < 4.78 is 0. The second-order valence-electron chi connectivity index (χ2n) is 2.78. The summed E-state index contributed by atoms with van der Waals surface area (Å²) >= 11 is 0. The lowest BCUT2D eigenvalue weighted by Crippen LogP contribution is -2.07. The lowest BCUT2D eigenvalue weighted by molar-refractivity contribution is -0.480. The second kappa shape index (κ2) is 6.69. The molecule has 12 heavy (non-hydrogen) atoms. The van der Waals surface area contributed by atoms with E-state index in [4.69, 9.17) is 0 Å². The second-order valence-corrected chi connectivity index (χ2v) is 2.78.